The number of benzene rings is 1. The molecule has 0 saturated heterocycles. The minimum absolute atomic E-state index is 0.175. The standard InChI is InChI=1S/C18H32N2/c1-8-18(5,20(6)7)17(19-9-2)13-16-11-10-14(3)15(4)12-16/h10-12,17,19H,8-9,13H2,1-7H3. The predicted octanol–water partition coefficient (Wildman–Crippen LogP) is 3.55. The van der Waals surface area contributed by atoms with E-state index in [0.29, 0.717) is 6.04 Å². The van der Waals surface area contributed by atoms with Crippen molar-refractivity contribution >= 4 is 0 Å². The Hall–Kier alpha value is -0.860. The van der Waals surface area contributed by atoms with E-state index in [-0.39, 0.29) is 5.54 Å². The molecule has 20 heavy (non-hydrogen) atoms. The van der Waals surface area contributed by atoms with Gasteiger partial charge in [0.15, 0.2) is 0 Å². The van der Waals surface area contributed by atoms with E-state index in [9.17, 15) is 0 Å². The summed E-state index contributed by atoms with van der Waals surface area (Å²) in [7, 11) is 4.38. The van der Waals surface area contributed by atoms with E-state index in [4.69, 9.17) is 0 Å². The van der Waals surface area contributed by atoms with Gasteiger partial charge in [-0.1, -0.05) is 32.0 Å². The first-order valence-electron chi connectivity index (χ1n) is 7.82. The maximum atomic E-state index is 3.70. The van der Waals surface area contributed by atoms with Gasteiger partial charge in [-0.2, -0.15) is 0 Å². The van der Waals surface area contributed by atoms with Gasteiger partial charge in [0, 0.05) is 11.6 Å². The first-order chi connectivity index (χ1) is 9.35. The van der Waals surface area contributed by atoms with Crippen LogP contribution in [-0.4, -0.2) is 37.1 Å². The topological polar surface area (TPSA) is 15.3 Å². The van der Waals surface area contributed by atoms with E-state index >= 15 is 0 Å². The second kappa shape index (κ2) is 7.24. The molecule has 0 aliphatic rings. The Kier molecular flexibility index (Phi) is 6.22. The zero-order chi connectivity index (χ0) is 15.3. The lowest BCUT2D eigenvalue weighted by Gasteiger charge is -2.43. The average Bonchev–Trinajstić information content (AvgIpc) is 2.41. The van der Waals surface area contributed by atoms with Crippen molar-refractivity contribution in [1.82, 2.24) is 10.2 Å². The third-order valence-electron chi connectivity index (χ3n) is 4.95. The van der Waals surface area contributed by atoms with Crippen molar-refractivity contribution in [2.24, 2.45) is 0 Å². The third-order valence-corrected chi connectivity index (χ3v) is 4.95. The maximum absolute atomic E-state index is 3.70. The van der Waals surface area contributed by atoms with Gasteiger partial charge in [0.25, 0.3) is 0 Å². The smallest absolute Gasteiger partial charge is 0.0328 e. The lowest BCUT2D eigenvalue weighted by Crippen LogP contribution is -2.57. The molecule has 1 aromatic carbocycles. The molecule has 2 nitrogen and oxygen atoms in total. The summed E-state index contributed by atoms with van der Waals surface area (Å²) in [6.07, 6.45) is 2.22. The Bertz CT molecular complexity index is 425. The number of nitrogens with zero attached hydrogens (tertiary/aromatic N) is 1. The number of likely N-dealkylation sites (N-methyl/N-ethyl adjacent to an activating group) is 2. The van der Waals surface area contributed by atoms with Gasteiger partial charge in [0.1, 0.15) is 0 Å². The zero-order valence-electron chi connectivity index (χ0n) is 14.4. The summed E-state index contributed by atoms with van der Waals surface area (Å²) in [6.45, 7) is 12.2. The zero-order valence-corrected chi connectivity index (χ0v) is 14.4. The van der Waals surface area contributed by atoms with Gasteiger partial charge in [-0.3, -0.25) is 0 Å². The van der Waals surface area contributed by atoms with Crippen molar-refractivity contribution in [2.45, 2.75) is 59.0 Å². The van der Waals surface area contributed by atoms with Crippen LogP contribution in [0, 0.1) is 13.8 Å². The Morgan fingerprint density at radius 3 is 2.25 bits per heavy atom. The van der Waals surface area contributed by atoms with Crippen LogP contribution in [-0.2, 0) is 6.42 Å². The molecule has 0 aromatic heterocycles. The molecule has 0 aliphatic heterocycles. The first-order valence-corrected chi connectivity index (χ1v) is 7.82. The molecular formula is C18H32N2. The largest absolute Gasteiger partial charge is 0.312 e. The minimum atomic E-state index is 0.175. The van der Waals surface area contributed by atoms with E-state index in [0.717, 1.165) is 19.4 Å². The van der Waals surface area contributed by atoms with Crippen molar-refractivity contribution in [2.75, 3.05) is 20.6 Å². The van der Waals surface area contributed by atoms with E-state index in [2.05, 4.69) is 77.1 Å². The summed E-state index contributed by atoms with van der Waals surface area (Å²) in [6, 6.07) is 7.32. The fourth-order valence-corrected chi connectivity index (χ4v) is 2.80. The van der Waals surface area contributed by atoms with Gasteiger partial charge in [0.05, 0.1) is 0 Å². The normalized spacial score (nSPS) is 16.2. The molecule has 0 fully saturated rings. The third kappa shape index (κ3) is 3.83. The van der Waals surface area contributed by atoms with Crippen LogP contribution < -0.4 is 5.32 Å². The fourth-order valence-electron chi connectivity index (χ4n) is 2.80. The van der Waals surface area contributed by atoms with Crippen LogP contribution in [0.4, 0.5) is 0 Å². The summed E-state index contributed by atoms with van der Waals surface area (Å²) in [5, 5.41) is 3.70. The summed E-state index contributed by atoms with van der Waals surface area (Å²) in [5.74, 6) is 0. The molecular weight excluding hydrogens is 244 g/mol. The van der Waals surface area contributed by atoms with Crippen molar-refractivity contribution in [3.05, 3.63) is 34.9 Å². The molecule has 0 heterocycles. The highest BCUT2D eigenvalue weighted by Crippen LogP contribution is 2.24. The van der Waals surface area contributed by atoms with Crippen LogP contribution >= 0.6 is 0 Å². The number of aryl methyl sites for hydroxylation is 2. The molecule has 2 atom stereocenters. The monoisotopic (exact) mass is 276 g/mol. The molecule has 0 bridgehead atoms. The van der Waals surface area contributed by atoms with Crippen LogP contribution in [0.25, 0.3) is 0 Å². The maximum Gasteiger partial charge on any atom is 0.0328 e. The molecule has 2 unspecified atom stereocenters. The number of rotatable bonds is 7. The fraction of sp³-hybridized carbons (Fsp3) is 0.667. The Morgan fingerprint density at radius 1 is 1.15 bits per heavy atom. The van der Waals surface area contributed by atoms with Gasteiger partial charge in [0.2, 0.25) is 0 Å². The van der Waals surface area contributed by atoms with Gasteiger partial charge in [-0.25, -0.2) is 0 Å². The molecule has 1 rings (SSSR count). The van der Waals surface area contributed by atoms with Crippen LogP contribution in [0.5, 0.6) is 0 Å². The van der Waals surface area contributed by atoms with Crippen molar-refractivity contribution < 1.29 is 0 Å². The van der Waals surface area contributed by atoms with Crippen LogP contribution in [0.1, 0.15) is 43.9 Å². The van der Waals surface area contributed by atoms with Gasteiger partial charge >= 0.3 is 0 Å². The molecule has 0 saturated carbocycles. The summed E-state index contributed by atoms with van der Waals surface area (Å²) < 4.78 is 0. The van der Waals surface area contributed by atoms with E-state index in [1.165, 1.54) is 16.7 Å². The minimum Gasteiger partial charge on any atom is -0.312 e. The highest BCUT2D eigenvalue weighted by atomic mass is 15.2. The Labute approximate surface area is 125 Å². The molecule has 0 amide bonds. The van der Waals surface area contributed by atoms with Gasteiger partial charge < -0.3 is 10.2 Å². The Balaban J connectivity index is 2.99. The lowest BCUT2D eigenvalue weighted by atomic mass is 9.83. The first kappa shape index (κ1) is 17.2. The summed E-state index contributed by atoms with van der Waals surface area (Å²) in [4.78, 5) is 2.36. The van der Waals surface area contributed by atoms with Crippen LogP contribution in [0.15, 0.2) is 18.2 Å². The van der Waals surface area contributed by atoms with Crippen LogP contribution in [0.3, 0.4) is 0 Å². The molecule has 1 aromatic rings. The predicted molar refractivity (Wildman–Crippen MR) is 89.5 cm³/mol. The molecule has 0 aliphatic carbocycles. The van der Waals surface area contributed by atoms with E-state index < -0.39 is 0 Å². The van der Waals surface area contributed by atoms with Gasteiger partial charge in [-0.05, 0) is 70.9 Å². The van der Waals surface area contributed by atoms with Crippen molar-refractivity contribution in [1.29, 1.82) is 0 Å². The molecule has 1 N–H and O–H groups in total. The molecule has 2 heteroatoms. The van der Waals surface area contributed by atoms with E-state index in [1.807, 2.05) is 0 Å². The lowest BCUT2D eigenvalue weighted by molar-refractivity contribution is 0.113. The molecule has 0 spiro atoms. The molecule has 114 valence electrons. The average molecular weight is 276 g/mol. The SMILES string of the molecule is CCNC(Cc1ccc(C)c(C)c1)C(C)(CC)N(C)C. The second-order valence-corrected chi connectivity index (χ2v) is 6.34. The quantitative estimate of drug-likeness (QED) is 0.819. The van der Waals surface area contributed by atoms with E-state index in [1.54, 1.807) is 0 Å². The summed E-state index contributed by atoms with van der Waals surface area (Å²) >= 11 is 0. The van der Waals surface area contributed by atoms with Crippen LogP contribution in [0.2, 0.25) is 0 Å². The second-order valence-electron chi connectivity index (χ2n) is 6.34. The molecule has 0 radical (unpaired) electrons. The summed E-state index contributed by atoms with van der Waals surface area (Å²) in [5.41, 5.74) is 4.37. The number of hydrogen-bond acceptors (Lipinski definition) is 2. The highest BCUT2D eigenvalue weighted by molar-refractivity contribution is 5.30. The van der Waals surface area contributed by atoms with Gasteiger partial charge in [-0.15, -0.1) is 0 Å². The van der Waals surface area contributed by atoms with Crippen molar-refractivity contribution in [3.8, 4) is 0 Å². The number of nitrogens with one attached hydrogen (secondary N) is 1. The van der Waals surface area contributed by atoms with Crippen molar-refractivity contribution in [3.63, 3.8) is 0 Å². The number of hydrogen-bond donors (Lipinski definition) is 1. The highest BCUT2D eigenvalue weighted by Gasteiger charge is 2.34. The Morgan fingerprint density at radius 2 is 1.80 bits per heavy atom.